The van der Waals surface area contributed by atoms with E-state index in [-0.39, 0.29) is 24.4 Å². The first kappa shape index (κ1) is 10.6. The van der Waals surface area contributed by atoms with Crippen LogP contribution >= 0.6 is 0 Å². The summed E-state index contributed by atoms with van der Waals surface area (Å²) in [5, 5.41) is 0. The van der Waals surface area contributed by atoms with Gasteiger partial charge in [-0.3, -0.25) is 14.5 Å². The second-order valence-electron chi connectivity index (χ2n) is 3.64. The lowest BCUT2D eigenvalue weighted by Gasteiger charge is -2.19. The van der Waals surface area contributed by atoms with Crippen LogP contribution in [0, 0.1) is 0 Å². The Morgan fingerprint density at radius 1 is 1.06 bits per heavy atom. The third-order valence-electron chi connectivity index (χ3n) is 2.51. The van der Waals surface area contributed by atoms with E-state index in [0.717, 1.165) is 10.5 Å². The highest BCUT2D eigenvalue weighted by atomic mass is 16.2. The molecule has 0 aromatic heterocycles. The predicted molar refractivity (Wildman–Crippen MR) is 59.2 cm³/mol. The summed E-state index contributed by atoms with van der Waals surface area (Å²) in [5.41, 5.74) is 6.84. The number of nitrogens with two attached hydrogens (primary N) is 1. The molecular weight excluding hydrogens is 204 g/mol. The zero-order chi connectivity index (χ0) is 11.5. The molecule has 0 saturated heterocycles. The molecule has 1 aromatic rings. The van der Waals surface area contributed by atoms with Crippen LogP contribution in [0.15, 0.2) is 42.5 Å². The zero-order valence-electron chi connectivity index (χ0n) is 8.67. The van der Waals surface area contributed by atoms with Gasteiger partial charge >= 0.3 is 0 Å². The van der Waals surface area contributed by atoms with Gasteiger partial charge in [-0.05, 0) is 5.56 Å². The fraction of sp³-hybridized carbons (Fsp3) is 0.167. The fourth-order valence-corrected chi connectivity index (χ4v) is 1.61. The molecule has 0 spiro atoms. The third kappa shape index (κ3) is 2.01. The maximum absolute atomic E-state index is 11.3. The molecule has 1 heterocycles. The van der Waals surface area contributed by atoms with Crippen molar-refractivity contribution in [3.63, 3.8) is 0 Å². The normalized spacial score (nSPS) is 16.9. The maximum Gasteiger partial charge on any atom is 0.253 e. The summed E-state index contributed by atoms with van der Waals surface area (Å²) in [5.74, 6) is -0.590. The number of nitrogens with zero attached hydrogens (tertiary/aromatic N) is 1. The second-order valence-corrected chi connectivity index (χ2v) is 3.64. The highest BCUT2D eigenvalue weighted by Crippen LogP contribution is 2.13. The number of imide groups is 1. The second kappa shape index (κ2) is 4.28. The van der Waals surface area contributed by atoms with Gasteiger partial charge in [0, 0.05) is 24.7 Å². The highest BCUT2D eigenvalue weighted by Gasteiger charge is 2.25. The molecule has 4 nitrogen and oxygen atoms in total. The quantitative estimate of drug-likeness (QED) is 0.753. The molecular formula is C12H12N2O2. The van der Waals surface area contributed by atoms with E-state index in [2.05, 4.69) is 0 Å². The molecule has 1 aromatic carbocycles. The molecule has 0 saturated carbocycles. The van der Waals surface area contributed by atoms with E-state index in [1.807, 2.05) is 30.3 Å². The Morgan fingerprint density at radius 2 is 1.62 bits per heavy atom. The molecule has 0 radical (unpaired) electrons. The van der Waals surface area contributed by atoms with Gasteiger partial charge in [-0.1, -0.05) is 30.3 Å². The number of hydrogen-bond acceptors (Lipinski definition) is 3. The van der Waals surface area contributed by atoms with Gasteiger partial charge in [-0.2, -0.15) is 0 Å². The van der Waals surface area contributed by atoms with E-state index in [4.69, 9.17) is 5.73 Å². The van der Waals surface area contributed by atoms with E-state index in [1.54, 1.807) is 0 Å². The van der Waals surface area contributed by atoms with Crippen molar-refractivity contribution in [2.75, 3.05) is 6.54 Å². The van der Waals surface area contributed by atoms with Crippen LogP contribution in [-0.4, -0.2) is 23.3 Å². The molecule has 0 aliphatic carbocycles. The summed E-state index contributed by atoms with van der Waals surface area (Å²) in [6, 6.07) is 9.06. The molecule has 1 aliphatic rings. The number of amides is 2. The lowest BCUT2D eigenvalue weighted by Crippen LogP contribution is -2.36. The minimum atomic E-state index is -0.339. The van der Waals surface area contributed by atoms with E-state index in [9.17, 15) is 9.59 Å². The van der Waals surface area contributed by atoms with Gasteiger partial charge in [0.2, 0.25) is 0 Å². The number of carbonyl (C=O) groups is 2. The average Bonchev–Trinajstić information content (AvgIpc) is 2.62. The van der Waals surface area contributed by atoms with Crippen molar-refractivity contribution >= 4 is 11.8 Å². The third-order valence-corrected chi connectivity index (χ3v) is 2.51. The zero-order valence-corrected chi connectivity index (χ0v) is 8.67. The van der Waals surface area contributed by atoms with Crippen LogP contribution in [0.25, 0.3) is 0 Å². The van der Waals surface area contributed by atoms with Crippen LogP contribution < -0.4 is 5.73 Å². The first-order chi connectivity index (χ1) is 7.68. The van der Waals surface area contributed by atoms with Gasteiger partial charge in [0.05, 0.1) is 0 Å². The van der Waals surface area contributed by atoms with Crippen LogP contribution in [0.2, 0.25) is 0 Å². The molecule has 1 atom stereocenters. The monoisotopic (exact) mass is 216 g/mol. The Labute approximate surface area is 93.3 Å². The Kier molecular flexibility index (Phi) is 2.83. The summed E-state index contributed by atoms with van der Waals surface area (Å²) in [4.78, 5) is 23.8. The van der Waals surface area contributed by atoms with Crippen LogP contribution in [0.5, 0.6) is 0 Å². The first-order valence-electron chi connectivity index (χ1n) is 5.02. The van der Waals surface area contributed by atoms with Gasteiger partial charge < -0.3 is 5.73 Å². The van der Waals surface area contributed by atoms with Gasteiger partial charge in [-0.25, -0.2) is 0 Å². The van der Waals surface area contributed by atoms with E-state index >= 15 is 0 Å². The van der Waals surface area contributed by atoms with Crippen molar-refractivity contribution < 1.29 is 9.59 Å². The van der Waals surface area contributed by atoms with Crippen molar-refractivity contribution in [1.29, 1.82) is 0 Å². The molecule has 2 N–H and O–H groups in total. The Hall–Kier alpha value is -1.94. The van der Waals surface area contributed by atoms with E-state index < -0.39 is 0 Å². The number of rotatable bonds is 3. The van der Waals surface area contributed by atoms with Crippen LogP contribution in [0.3, 0.4) is 0 Å². The van der Waals surface area contributed by atoms with Crippen molar-refractivity contribution in [3.8, 4) is 0 Å². The lowest BCUT2D eigenvalue weighted by molar-refractivity contribution is -0.137. The summed E-state index contributed by atoms with van der Waals surface area (Å²) in [6.07, 6.45) is 2.53. The largest absolute Gasteiger partial charge is 0.322 e. The highest BCUT2D eigenvalue weighted by molar-refractivity contribution is 6.12. The Balaban J connectivity index is 2.06. The number of hydrogen-bond donors (Lipinski definition) is 1. The van der Waals surface area contributed by atoms with Gasteiger partial charge in [0.25, 0.3) is 11.8 Å². The molecule has 0 fully saturated rings. The van der Waals surface area contributed by atoms with E-state index in [0.29, 0.717) is 0 Å². The fourth-order valence-electron chi connectivity index (χ4n) is 1.61. The average molecular weight is 216 g/mol. The number of carbonyl (C=O) groups excluding carboxylic acids is 2. The van der Waals surface area contributed by atoms with Gasteiger partial charge in [0.15, 0.2) is 0 Å². The van der Waals surface area contributed by atoms with Crippen molar-refractivity contribution in [2.24, 2.45) is 5.73 Å². The number of benzene rings is 1. The summed E-state index contributed by atoms with van der Waals surface area (Å²) in [7, 11) is 0. The topological polar surface area (TPSA) is 63.4 Å². The van der Waals surface area contributed by atoms with Crippen LogP contribution in [0.1, 0.15) is 11.6 Å². The smallest absolute Gasteiger partial charge is 0.253 e. The van der Waals surface area contributed by atoms with Crippen molar-refractivity contribution in [2.45, 2.75) is 6.04 Å². The molecule has 1 aliphatic heterocycles. The Bertz CT molecular complexity index is 422. The van der Waals surface area contributed by atoms with Crippen LogP contribution in [-0.2, 0) is 9.59 Å². The molecule has 1 unspecified atom stereocenters. The van der Waals surface area contributed by atoms with Crippen molar-refractivity contribution in [1.82, 2.24) is 4.90 Å². The molecule has 4 heteroatoms. The van der Waals surface area contributed by atoms with Crippen LogP contribution in [0.4, 0.5) is 0 Å². The van der Waals surface area contributed by atoms with Gasteiger partial charge in [-0.15, -0.1) is 0 Å². The van der Waals surface area contributed by atoms with Gasteiger partial charge in [0.1, 0.15) is 0 Å². The summed E-state index contributed by atoms with van der Waals surface area (Å²) in [6.45, 7) is 0.217. The Morgan fingerprint density at radius 3 is 2.19 bits per heavy atom. The minimum Gasteiger partial charge on any atom is -0.322 e. The van der Waals surface area contributed by atoms with E-state index in [1.165, 1.54) is 12.2 Å². The summed E-state index contributed by atoms with van der Waals surface area (Å²) < 4.78 is 0. The molecule has 2 rings (SSSR count). The van der Waals surface area contributed by atoms with Crippen molar-refractivity contribution in [3.05, 3.63) is 48.0 Å². The predicted octanol–water partition coefficient (Wildman–Crippen LogP) is 0.611. The summed E-state index contributed by atoms with van der Waals surface area (Å²) >= 11 is 0. The molecule has 82 valence electrons. The lowest BCUT2D eigenvalue weighted by atomic mass is 10.1. The standard InChI is InChI=1S/C12H12N2O2/c13-10(9-4-2-1-3-5-9)8-14-11(15)6-7-12(14)16/h1-7,10H,8,13H2. The molecule has 16 heavy (non-hydrogen) atoms. The maximum atomic E-state index is 11.3. The minimum absolute atomic E-state index is 0.217. The SMILES string of the molecule is NC(CN1C(=O)C=CC1=O)c1ccccc1. The first-order valence-corrected chi connectivity index (χ1v) is 5.02. The molecule has 2 amide bonds. The molecule has 0 bridgehead atoms.